The van der Waals surface area contributed by atoms with Gasteiger partial charge in [-0.3, -0.25) is 9.59 Å². The zero-order valence-corrected chi connectivity index (χ0v) is 11.8. The van der Waals surface area contributed by atoms with Crippen LogP contribution in [-0.2, 0) is 9.59 Å². The highest BCUT2D eigenvalue weighted by Crippen LogP contribution is 2.17. The molecule has 0 radical (unpaired) electrons. The molecular weight excluding hydrogens is 244 g/mol. The second-order valence-electron chi connectivity index (χ2n) is 5.29. The summed E-state index contributed by atoms with van der Waals surface area (Å²) < 4.78 is 0. The first-order chi connectivity index (χ1) is 9.13. The zero-order valence-electron chi connectivity index (χ0n) is 11.8. The average Bonchev–Trinajstić information content (AvgIpc) is 2.38. The van der Waals surface area contributed by atoms with Gasteiger partial charge in [-0.05, 0) is 19.3 Å². The van der Waals surface area contributed by atoms with E-state index < -0.39 is 12.0 Å². The molecule has 0 aromatic rings. The Hall–Kier alpha value is -1.10. The lowest BCUT2D eigenvalue weighted by molar-refractivity contribution is -0.139. The number of rotatable bonds is 8. The van der Waals surface area contributed by atoms with E-state index in [0.29, 0.717) is 25.4 Å². The van der Waals surface area contributed by atoms with Gasteiger partial charge in [-0.2, -0.15) is 0 Å². The number of carbonyl (C=O) groups excluding carboxylic acids is 1. The van der Waals surface area contributed by atoms with Crippen LogP contribution in [0.3, 0.4) is 0 Å². The predicted octanol–water partition coefficient (Wildman–Crippen LogP) is 1.67. The third-order valence-electron chi connectivity index (χ3n) is 3.59. The van der Waals surface area contributed by atoms with E-state index >= 15 is 0 Å². The van der Waals surface area contributed by atoms with Crippen molar-refractivity contribution in [1.82, 2.24) is 10.6 Å². The normalized spacial score (nSPS) is 17.9. The van der Waals surface area contributed by atoms with Crippen molar-refractivity contribution in [2.24, 2.45) is 0 Å². The van der Waals surface area contributed by atoms with Crippen LogP contribution in [0.25, 0.3) is 0 Å². The first-order valence-corrected chi connectivity index (χ1v) is 7.39. The fraction of sp³-hybridized carbons (Fsp3) is 0.857. The van der Waals surface area contributed by atoms with Crippen molar-refractivity contribution in [3.8, 4) is 0 Å². The Kier molecular flexibility index (Phi) is 7.48. The van der Waals surface area contributed by atoms with Crippen molar-refractivity contribution in [2.75, 3.05) is 6.54 Å². The Bertz CT molecular complexity index is 288. The fourth-order valence-corrected chi connectivity index (χ4v) is 2.51. The smallest absolute Gasteiger partial charge is 0.320 e. The molecule has 1 rings (SSSR count). The van der Waals surface area contributed by atoms with Gasteiger partial charge in [-0.1, -0.05) is 32.6 Å². The molecule has 1 aliphatic rings. The maximum Gasteiger partial charge on any atom is 0.320 e. The summed E-state index contributed by atoms with van der Waals surface area (Å²) in [4.78, 5) is 22.6. The molecule has 1 aliphatic carbocycles. The van der Waals surface area contributed by atoms with Gasteiger partial charge in [0.15, 0.2) is 0 Å². The number of hydrogen-bond donors (Lipinski definition) is 3. The van der Waals surface area contributed by atoms with Crippen molar-refractivity contribution >= 4 is 11.9 Å². The summed E-state index contributed by atoms with van der Waals surface area (Å²) in [6.07, 6.45) is 7.58. The molecule has 0 heterocycles. The van der Waals surface area contributed by atoms with Crippen LogP contribution >= 0.6 is 0 Å². The van der Waals surface area contributed by atoms with Crippen LogP contribution in [0.15, 0.2) is 0 Å². The first-order valence-electron chi connectivity index (χ1n) is 7.39. The molecule has 1 amide bonds. The van der Waals surface area contributed by atoms with Gasteiger partial charge in [0.25, 0.3) is 0 Å². The van der Waals surface area contributed by atoms with E-state index in [0.717, 1.165) is 19.3 Å². The molecule has 110 valence electrons. The quantitative estimate of drug-likeness (QED) is 0.627. The van der Waals surface area contributed by atoms with Gasteiger partial charge in [-0.25, -0.2) is 0 Å². The fourth-order valence-electron chi connectivity index (χ4n) is 2.51. The summed E-state index contributed by atoms with van der Waals surface area (Å²) >= 11 is 0. The Morgan fingerprint density at radius 1 is 1.26 bits per heavy atom. The van der Waals surface area contributed by atoms with Crippen molar-refractivity contribution in [3.05, 3.63) is 0 Å². The molecular formula is C14H26N2O3. The molecule has 0 bridgehead atoms. The molecule has 1 fully saturated rings. The van der Waals surface area contributed by atoms with Gasteiger partial charge in [0.2, 0.25) is 5.91 Å². The van der Waals surface area contributed by atoms with E-state index in [1.54, 1.807) is 0 Å². The number of amides is 1. The standard InChI is InChI=1S/C14H26N2O3/c1-2-6-12(14(18)19)15-10-9-13(17)16-11-7-4-3-5-8-11/h11-12,15H,2-10H2,1H3,(H,16,17)(H,18,19). The highest BCUT2D eigenvalue weighted by Gasteiger charge is 2.17. The van der Waals surface area contributed by atoms with Crippen LogP contribution in [0, 0.1) is 0 Å². The highest BCUT2D eigenvalue weighted by atomic mass is 16.4. The second kappa shape index (κ2) is 8.91. The molecule has 1 unspecified atom stereocenters. The molecule has 1 saturated carbocycles. The van der Waals surface area contributed by atoms with Gasteiger partial charge in [0, 0.05) is 19.0 Å². The molecule has 0 spiro atoms. The largest absolute Gasteiger partial charge is 0.480 e. The van der Waals surface area contributed by atoms with E-state index in [1.165, 1.54) is 19.3 Å². The summed E-state index contributed by atoms with van der Waals surface area (Å²) in [5.41, 5.74) is 0. The molecule has 0 aromatic carbocycles. The number of nitrogens with one attached hydrogen (secondary N) is 2. The minimum absolute atomic E-state index is 0.0278. The zero-order chi connectivity index (χ0) is 14.1. The maximum absolute atomic E-state index is 11.7. The molecule has 1 atom stereocenters. The van der Waals surface area contributed by atoms with Crippen LogP contribution < -0.4 is 10.6 Å². The van der Waals surface area contributed by atoms with Crippen molar-refractivity contribution < 1.29 is 14.7 Å². The van der Waals surface area contributed by atoms with Crippen LogP contribution in [0.2, 0.25) is 0 Å². The summed E-state index contributed by atoms with van der Waals surface area (Å²) in [5, 5.41) is 14.9. The third-order valence-corrected chi connectivity index (χ3v) is 3.59. The minimum atomic E-state index is -0.838. The van der Waals surface area contributed by atoms with Crippen LogP contribution in [0.1, 0.15) is 58.3 Å². The van der Waals surface area contributed by atoms with E-state index in [1.807, 2.05) is 6.92 Å². The van der Waals surface area contributed by atoms with Gasteiger partial charge >= 0.3 is 5.97 Å². The number of aliphatic carboxylic acids is 1. The Labute approximate surface area is 115 Å². The highest BCUT2D eigenvalue weighted by molar-refractivity contribution is 5.77. The van der Waals surface area contributed by atoms with E-state index in [9.17, 15) is 9.59 Å². The van der Waals surface area contributed by atoms with E-state index in [2.05, 4.69) is 10.6 Å². The number of carboxylic acids is 1. The van der Waals surface area contributed by atoms with E-state index in [-0.39, 0.29) is 5.91 Å². The molecule has 5 nitrogen and oxygen atoms in total. The lowest BCUT2D eigenvalue weighted by Crippen LogP contribution is -2.41. The second-order valence-corrected chi connectivity index (χ2v) is 5.29. The molecule has 5 heteroatoms. The number of carboxylic acid groups (broad SMARTS) is 1. The third kappa shape index (κ3) is 6.57. The SMILES string of the molecule is CCCC(NCCC(=O)NC1CCCCC1)C(=O)O. The van der Waals surface area contributed by atoms with Crippen LogP contribution in [0.4, 0.5) is 0 Å². The molecule has 3 N–H and O–H groups in total. The summed E-state index contributed by atoms with van der Waals surface area (Å²) in [7, 11) is 0. The molecule has 19 heavy (non-hydrogen) atoms. The molecule has 0 saturated heterocycles. The van der Waals surface area contributed by atoms with Crippen LogP contribution in [-0.4, -0.2) is 35.6 Å². The summed E-state index contributed by atoms with van der Waals surface area (Å²) in [6, 6.07) is -0.209. The topological polar surface area (TPSA) is 78.4 Å². The van der Waals surface area contributed by atoms with E-state index in [4.69, 9.17) is 5.11 Å². The average molecular weight is 270 g/mol. The maximum atomic E-state index is 11.7. The monoisotopic (exact) mass is 270 g/mol. The van der Waals surface area contributed by atoms with Crippen LogP contribution in [0.5, 0.6) is 0 Å². The minimum Gasteiger partial charge on any atom is -0.480 e. The summed E-state index contributed by atoms with van der Waals surface area (Å²) in [6.45, 7) is 2.38. The molecule has 0 aromatic heterocycles. The molecule has 0 aliphatic heterocycles. The Morgan fingerprint density at radius 2 is 1.95 bits per heavy atom. The van der Waals surface area contributed by atoms with Crippen molar-refractivity contribution in [1.29, 1.82) is 0 Å². The van der Waals surface area contributed by atoms with Gasteiger partial charge in [0.05, 0.1) is 0 Å². The van der Waals surface area contributed by atoms with Crippen molar-refractivity contribution in [3.63, 3.8) is 0 Å². The lowest BCUT2D eigenvalue weighted by Gasteiger charge is -2.23. The first kappa shape index (κ1) is 16.0. The van der Waals surface area contributed by atoms with Gasteiger partial charge in [0.1, 0.15) is 6.04 Å². The lowest BCUT2D eigenvalue weighted by atomic mass is 9.95. The number of hydrogen-bond acceptors (Lipinski definition) is 3. The van der Waals surface area contributed by atoms with Gasteiger partial charge < -0.3 is 15.7 Å². The van der Waals surface area contributed by atoms with Gasteiger partial charge in [-0.15, -0.1) is 0 Å². The summed E-state index contributed by atoms with van der Waals surface area (Å²) in [5.74, 6) is -0.811. The number of carbonyl (C=O) groups is 2. The van der Waals surface area contributed by atoms with Crippen molar-refractivity contribution in [2.45, 2.75) is 70.4 Å². The predicted molar refractivity (Wildman–Crippen MR) is 74.0 cm³/mol. The Morgan fingerprint density at radius 3 is 2.53 bits per heavy atom. The Balaban J connectivity index is 2.16.